The normalized spacial score (nSPS) is 12.6. The topological polar surface area (TPSA) is 78.9 Å². The van der Waals surface area contributed by atoms with Crippen molar-refractivity contribution in [3.8, 4) is 0 Å². The Morgan fingerprint density at radius 3 is 1.12 bits per heavy atom. The Labute approximate surface area is 395 Å². The molecule has 0 aliphatic heterocycles. The lowest BCUT2D eigenvalue weighted by Gasteiger charge is -2.18. The van der Waals surface area contributed by atoms with Gasteiger partial charge >= 0.3 is 17.9 Å². The summed E-state index contributed by atoms with van der Waals surface area (Å²) in [5, 5.41) is 0. The number of unbranched alkanes of at least 4 members (excludes halogenated alkanes) is 27. The van der Waals surface area contributed by atoms with Crippen LogP contribution in [0.25, 0.3) is 0 Å². The summed E-state index contributed by atoms with van der Waals surface area (Å²) in [4.78, 5) is 38.0. The molecule has 0 rings (SSSR count). The van der Waals surface area contributed by atoms with E-state index >= 15 is 0 Å². The van der Waals surface area contributed by atoms with Crippen molar-refractivity contribution in [2.24, 2.45) is 0 Å². The summed E-state index contributed by atoms with van der Waals surface area (Å²) in [6, 6.07) is 0. The fourth-order valence-electron chi connectivity index (χ4n) is 7.52. The number of carbonyl (C=O) groups excluding carboxylic acids is 3. The molecule has 1 unspecified atom stereocenters. The second-order valence-corrected chi connectivity index (χ2v) is 17.8. The molecule has 0 aliphatic rings. The molecule has 0 aromatic rings. The maximum Gasteiger partial charge on any atom is 0.306 e. The van der Waals surface area contributed by atoms with E-state index in [4.69, 9.17) is 14.2 Å². The Morgan fingerprint density at radius 1 is 0.344 bits per heavy atom. The SMILES string of the molecule is CC\C=C/C=C\C=C/CCCCCCCC(=O)OCC(COC(=O)CCCCCCCCCCCCCCCCCCCCC)OC(=O)CCCCCC/C=C\C/C=C\C/C=C\CC. The molecule has 0 aromatic carbocycles. The van der Waals surface area contributed by atoms with Gasteiger partial charge in [0.25, 0.3) is 0 Å². The summed E-state index contributed by atoms with van der Waals surface area (Å²) in [7, 11) is 0. The third kappa shape index (κ3) is 49.9. The minimum Gasteiger partial charge on any atom is -0.462 e. The van der Waals surface area contributed by atoms with Gasteiger partial charge in [0.2, 0.25) is 0 Å². The molecule has 6 heteroatoms. The van der Waals surface area contributed by atoms with Crippen LogP contribution < -0.4 is 0 Å². The van der Waals surface area contributed by atoms with Gasteiger partial charge in [-0.1, -0.05) is 241 Å². The Kier molecular flexibility index (Phi) is 49.9. The second kappa shape index (κ2) is 52.5. The maximum absolute atomic E-state index is 12.8. The lowest BCUT2D eigenvalue weighted by molar-refractivity contribution is -0.167. The van der Waals surface area contributed by atoms with Gasteiger partial charge in [-0.3, -0.25) is 14.4 Å². The molecule has 0 N–H and O–H groups in total. The highest BCUT2D eigenvalue weighted by Gasteiger charge is 2.19. The highest BCUT2D eigenvalue weighted by Crippen LogP contribution is 2.16. The van der Waals surface area contributed by atoms with Crippen LogP contribution in [0.15, 0.2) is 72.9 Å². The summed E-state index contributed by atoms with van der Waals surface area (Å²) in [5.74, 6) is -0.928. The van der Waals surface area contributed by atoms with E-state index in [0.717, 1.165) is 116 Å². The Bertz CT molecular complexity index is 1210. The van der Waals surface area contributed by atoms with Crippen molar-refractivity contribution in [2.45, 2.75) is 264 Å². The number of allylic oxidation sites excluding steroid dienone is 12. The smallest absolute Gasteiger partial charge is 0.306 e. The van der Waals surface area contributed by atoms with Crippen molar-refractivity contribution in [1.82, 2.24) is 0 Å². The van der Waals surface area contributed by atoms with Gasteiger partial charge in [-0.2, -0.15) is 0 Å². The highest BCUT2D eigenvalue weighted by atomic mass is 16.6. The van der Waals surface area contributed by atoms with E-state index in [9.17, 15) is 14.4 Å². The average Bonchev–Trinajstić information content (AvgIpc) is 3.29. The summed E-state index contributed by atoms with van der Waals surface area (Å²) in [6.07, 6.45) is 66.1. The van der Waals surface area contributed by atoms with E-state index in [0.29, 0.717) is 19.3 Å². The minimum absolute atomic E-state index is 0.0897. The molecule has 1 atom stereocenters. The molecular weight excluding hydrogens is 793 g/mol. The third-order valence-corrected chi connectivity index (χ3v) is 11.5. The summed E-state index contributed by atoms with van der Waals surface area (Å²) in [6.45, 7) is 6.37. The van der Waals surface area contributed by atoms with Gasteiger partial charge in [0.05, 0.1) is 0 Å². The van der Waals surface area contributed by atoms with Gasteiger partial charge in [0, 0.05) is 19.3 Å². The monoisotopic (exact) mass is 893 g/mol. The van der Waals surface area contributed by atoms with Gasteiger partial charge in [-0.25, -0.2) is 0 Å². The van der Waals surface area contributed by atoms with Crippen LogP contribution >= 0.6 is 0 Å². The molecule has 0 heterocycles. The molecule has 6 nitrogen and oxygen atoms in total. The van der Waals surface area contributed by atoms with Crippen LogP contribution in [0.1, 0.15) is 258 Å². The Hall–Kier alpha value is -3.15. The standard InChI is InChI=1S/C58H100O6/c1-4-7-10-13-16-19-22-25-27-28-29-30-31-34-36-39-42-45-48-51-57(60)63-54-55(53-62-56(59)50-47-44-41-38-35-32-24-21-18-15-12-9-6-3)64-58(61)52-49-46-43-40-37-33-26-23-20-17-14-11-8-5-2/h8-9,11-12,15,17-18,20-21,24,26,33,55H,4-7,10,13-14,16,19,22-23,25,27-32,34-54H2,1-3H3/b11-8-,12-9-,18-15-,20-17-,24-21-,33-26-. The Balaban J connectivity index is 4.37. The van der Waals surface area contributed by atoms with Crippen molar-refractivity contribution in [3.63, 3.8) is 0 Å². The fraction of sp³-hybridized carbons (Fsp3) is 0.741. The van der Waals surface area contributed by atoms with Crippen molar-refractivity contribution in [2.75, 3.05) is 13.2 Å². The van der Waals surface area contributed by atoms with Gasteiger partial charge in [0.1, 0.15) is 13.2 Å². The van der Waals surface area contributed by atoms with E-state index in [1.165, 1.54) is 103 Å². The van der Waals surface area contributed by atoms with Gasteiger partial charge in [0.15, 0.2) is 6.10 Å². The number of hydrogen-bond donors (Lipinski definition) is 0. The molecular formula is C58H100O6. The third-order valence-electron chi connectivity index (χ3n) is 11.5. The van der Waals surface area contributed by atoms with E-state index in [2.05, 4.69) is 93.7 Å². The van der Waals surface area contributed by atoms with E-state index in [1.54, 1.807) is 0 Å². The van der Waals surface area contributed by atoms with Crippen molar-refractivity contribution >= 4 is 17.9 Å². The van der Waals surface area contributed by atoms with Crippen LogP contribution in [0.2, 0.25) is 0 Å². The van der Waals surface area contributed by atoms with Crippen LogP contribution in [0, 0.1) is 0 Å². The quantitative estimate of drug-likeness (QED) is 0.0199. The number of carbonyl (C=O) groups is 3. The van der Waals surface area contributed by atoms with Crippen LogP contribution in [0.4, 0.5) is 0 Å². The molecule has 0 saturated carbocycles. The largest absolute Gasteiger partial charge is 0.462 e. The summed E-state index contributed by atoms with van der Waals surface area (Å²) < 4.78 is 16.8. The zero-order valence-corrected chi connectivity index (χ0v) is 42.0. The van der Waals surface area contributed by atoms with Gasteiger partial charge < -0.3 is 14.2 Å². The minimum atomic E-state index is -0.794. The first-order valence-corrected chi connectivity index (χ1v) is 27.0. The summed E-state index contributed by atoms with van der Waals surface area (Å²) in [5.41, 5.74) is 0. The molecule has 0 radical (unpaired) electrons. The van der Waals surface area contributed by atoms with Crippen molar-refractivity contribution in [3.05, 3.63) is 72.9 Å². The van der Waals surface area contributed by atoms with E-state index < -0.39 is 6.10 Å². The molecule has 0 amide bonds. The van der Waals surface area contributed by atoms with Crippen LogP contribution in [-0.4, -0.2) is 37.2 Å². The maximum atomic E-state index is 12.8. The number of rotatable bonds is 48. The fourth-order valence-corrected chi connectivity index (χ4v) is 7.52. The van der Waals surface area contributed by atoms with E-state index in [-0.39, 0.29) is 31.1 Å². The van der Waals surface area contributed by atoms with Gasteiger partial charge in [-0.05, 0) is 70.6 Å². The first kappa shape index (κ1) is 60.9. The van der Waals surface area contributed by atoms with Crippen LogP contribution in [0.5, 0.6) is 0 Å². The van der Waals surface area contributed by atoms with Crippen molar-refractivity contribution < 1.29 is 28.6 Å². The molecule has 64 heavy (non-hydrogen) atoms. The molecule has 0 aromatic heterocycles. The first-order chi connectivity index (χ1) is 31.5. The molecule has 0 bridgehead atoms. The second-order valence-electron chi connectivity index (χ2n) is 17.8. The lowest BCUT2D eigenvalue weighted by atomic mass is 10.0. The predicted molar refractivity (Wildman–Crippen MR) is 274 cm³/mol. The van der Waals surface area contributed by atoms with Crippen molar-refractivity contribution in [1.29, 1.82) is 0 Å². The predicted octanol–water partition coefficient (Wildman–Crippen LogP) is 17.8. The number of ether oxygens (including phenoxy) is 3. The molecule has 0 fully saturated rings. The zero-order chi connectivity index (χ0) is 46.5. The molecule has 368 valence electrons. The van der Waals surface area contributed by atoms with Gasteiger partial charge in [-0.15, -0.1) is 0 Å². The first-order valence-electron chi connectivity index (χ1n) is 27.0. The lowest BCUT2D eigenvalue weighted by Crippen LogP contribution is -2.30. The molecule has 0 saturated heterocycles. The Morgan fingerprint density at radius 2 is 0.688 bits per heavy atom. The number of hydrogen-bond acceptors (Lipinski definition) is 6. The highest BCUT2D eigenvalue weighted by molar-refractivity contribution is 5.71. The zero-order valence-electron chi connectivity index (χ0n) is 42.0. The van der Waals surface area contributed by atoms with Crippen LogP contribution in [-0.2, 0) is 28.6 Å². The van der Waals surface area contributed by atoms with Crippen LogP contribution in [0.3, 0.4) is 0 Å². The molecule has 0 spiro atoms. The summed E-state index contributed by atoms with van der Waals surface area (Å²) >= 11 is 0. The molecule has 0 aliphatic carbocycles. The van der Waals surface area contributed by atoms with E-state index in [1.807, 2.05) is 0 Å². The number of esters is 3. The average molecular weight is 893 g/mol.